The Kier molecular flexibility index (Phi) is 7.15. The van der Waals surface area contributed by atoms with Crippen molar-refractivity contribution in [1.29, 1.82) is 0 Å². The summed E-state index contributed by atoms with van der Waals surface area (Å²) >= 11 is 0. The monoisotopic (exact) mass is 382 g/mol. The van der Waals surface area contributed by atoms with Crippen LogP contribution in [0.5, 0.6) is 0 Å². The first-order valence-corrected chi connectivity index (χ1v) is 8.32. The van der Waals surface area contributed by atoms with E-state index in [2.05, 4.69) is 9.98 Å². The Morgan fingerprint density at radius 1 is 0.750 bits per heavy atom. The molecule has 2 rings (SSSR count). The van der Waals surface area contributed by atoms with Crippen LogP contribution in [0.4, 0.5) is 11.4 Å². The van der Waals surface area contributed by atoms with Gasteiger partial charge in [0.2, 0.25) is 0 Å². The van der Waals surface area contributed by atoms with E-state index in [4.69, 9.17) is 15.3 Å². The highest BCUT2D eigenvalue weighted by Gasteiger charge is 2.07. The zero-order chi connectivity index (χ0) is 20.5. The Labute approximate surface area is 160 Å². The number of aliphatic imine (C=N–C) groups is 2. The lowest BCUT2D eigenvalue weighted by Gasteiger charge is -2.05. The molecule has 0 fully saturated rings. The number of aromatic carboxylic acids is 2. The minimum atomic E-state index is -1.03. The molecule has 28 heavy (non-hydrogen) atoms. The number of benzene rings is 2. The summed E-state index contributed by atoms with van der Waals surface area (Å²) < 4.78 is 0. The summed E-state index contributed by atoms with van der Waals surface area (Å²) in [5, 5.41) is 26.7. The predicted molar refractivity (Wildman–Crippen MR) is 103 cm³/mol. The van der Waals surface area contributed by atoms with Crippen LogP contribution in [0.1, 0.15) is 33.6 Å². The van der Waals surface area contributed by atoms with Gasteiger partial charge < -0.3 is 15.3 Å². The minimum Gasteiger partial charge on any atom is -0.481 e. The third-order valence-corrected chi connectivity index (χ3v) is 3.75. The number of hydrogen-bond acceptors (Lipinski definition) is 5. The molecule has 2 aromatic rings. The van der Waals surface area contributed by atoms with Crippen molar-refractivity contribution in [3.63, 3.8) is 0 Å². The second-order valence-corrected chi connectivity index (χ2v) is 5.86. The number of aliphatic carboxylic acids is 1. The Morgan fingerprint density at radius 2 is 1.14 bits per heavy atom. The molecule has 0 spiro atoms. The maximum Gasteiger partial charge on any atom is 0.335 e. The van der Waals surface area contributed by atoms with Gasteiger partial charge in [-0.3, -0.25) is 14.8 Å². The van der Waals surface area contributed by atoms with Crippen molar-refractivity contribution in [2.24, 2.45) is 15.9 Å². The highest BCUT2D eigenvalue weighted by Crippen LogP contribution is 2.16. The van der Waals surface area contributed by atoms with Gasteiger partial charge in [-0.15, -0.1) is 0 Å². The van der Waals surface area contributed by atoms with E-state index in [-0.39, 0.29) is 29.9 Å². The number of carbonyl (C=O) groups is 3. The molecule has 2 aromatic carbocycles. The van der Waals surface area contributed by atoms with Gasteiger partial charge in [-0.25, -0.2) is 9.59 Å². The maximum absolute atomic E-state index is 10.9. The first kappa shape index (κ1) is 20.5. The van der Waals surface area contributed by atoms with Crippen LogP contribution < -0.4 is 0 Å². The van der Waals surface area contributed by atoms with Crippen LogP contribution in [0.3, 0.4) is 0 Å². The Hall–Kier alpha value is -3.81. The van der Waals surface area contributed by atoms with E-state index >= 15 is 0 Å². The second-order valence-electron chi connectivity index (χ2n) is 5.86. The summed E-state index contributed by atoms with van der Waals surface area (Å²) in [7, 11) is 0. The molecule has 0 unspecified atom stereocenters. The van der Waals surface area contributed by atoms with Crippen molar-refractivity contribution in [1.82, 2.24) is 0 Å². The van der Waals surface area contributed by atoms with Gasteiger partial charge >= 0.3 is 17.9 Å². The lowest BCUT2D eigenvalue weighted by molar-refractivity contribution is -0.137. The minimum absolute atomic E-state index is 0.0708. The second kappa shape index (κ2) is 9.77. The lowest BCUT2D eigenvalue weighted by atomic mass is 10.1. The molecule has 0 saturated heterocycles. The van der Waals surface area contributed by atoms with Crippen molar-refractivity contribution < 1.29 is 29.7 Å². The van der Waals surface area contributed by atoms with Crippen LogP contribution in [-0.4, -0.2) is 45.7 Å². The average molecular weight is 382 g/mol. The molecule has 0 atom stereocenters. The lowest BCUT2D eigenvalue weighted by Crippen LogP contribution is -2.07. The van der Waals surface area contributed by atoms with Crippen LogP contribution in [0.15, 0.2) is 58.5 Å². The van der Waals surface area contributed by atoms with Gasteiger partial charge in [0.25, 0.3) is 0 Å². The van der Waals surface area contributed by atoms with Crippen molar-refractivity contribution in [3.8, 4) is 0 Å². The van der Waals surface area contributed by atoms with E-state index in [1.165, 1.54) is 24.3 Å². The van der Waals surface area contributed by atoms with E-state index in [1.54, 1.807) is 36.7 Å². The number of nitrogens with zero attached hydrogens (tertiary/aromatic N) is 2. The molecule has 0 aliphatic rings. The SMILES string of the molecule is O=C(O)CCC(C=Nc1ccc(C(=O)O)cc1)C=Nc1ccc(C(=O)O)cc1. The van der Waals surface area contributed by atoms with Gasteiger partial charge in [0, 0.05) is 24.8 Å². The molecule has 0 radical (unpaired) electrons. The van der Waals surface area contributed by atoms with Gasteiger partial charge in [0.05, 0.1) is 22.5 Å². The highest BCUT2D eigenvalue weighted by atomic mass is 16.4. The first-order chi connectivity index (χ1) is 13.3. The molecule has 0 amide bonds. The fourth-order valence-electron chi connectivity index (χ4n) is 2.22. The normalized spacial score (nSPS) is 12.3. The summed E-state index contributed by atoms with van der Waals surface area (Å²) in [6.07, 6.45) is 3.31. The fourth-order valence-corrected chi connectivity index (χ4v) is 2.22. The molecular weight excluding hydrogens is 364 g/mol. The molecule has 3 N–H and O–H groups in total. The van der Waals surface area contributed by atoms with Crippen molar-refractivity contribution in [3.05, 3.63) is 59.7 Å². The van der Waals surface area contributed by atoms with E-state index in [1.807, 2.05) is 0 Å². The molecule has 8 heteroatoms. The Balaban J connectivity index is 2.12. The quantitative estimate of drug-likeness (QED) is 0.566. The molecule has 144 valence electrons. The van der Waals surface area contributed by atoms with E-state index in [0.29, 0.717) is 11.4 Å². The molecular formula is C20H18N2O6. The van der Waals surface area contributed by atoms with E-state index < -0.39 is 17.9 Å². The third-order valence-electron chi connectivity index (χ3n) is 3.75. The van der Waals surface area contributed by atoms with Crippen LogP contribution in [-0.2, 0) is 4.79 Å². The largest absolute Gasteiger partial charge is 0.481 e. The molecule has 0 aromatic heterocycles. The van der Waals surface area contributed by atoms with Crippen molar-refractivity contribution in [2.75, 3.05) is 0 Å². The Morgan fingerprint density at radius 3 is 1.46 bits per heavy atom. The predicted octanol–water partition coefficient (Wildman–Crippen LogP) is 3.67. The zero-order valence-corrected chi connectivity index (χ0v) is 14.7. The van der Waals surface area contributed by atoms with Crippen LogP contribution in [0.25, 0.3) is 0 Å². The molecule has 0 aliphatic carbocycles. The molecule has 0 aliphatic heterocycles. The summed E-state index contributed by atoms with van der Waals surface area (Å²) in [5.41, 5.74) is 1.36. The van der Waals surface area contributed by atoms with Gasteiger partial charge in [-0.1, -0.05) is 0 Å². The fraction of sp³-hybridized carbons (Fsp3) is 0.150. The summed E-state index contributed by atoms with van der Waals surface area (Å²) in [4.78, 5) is 41.1. The molecule has 0 saturated carbocycles. The topological polar surface area (TPSA) is 137 Å². The third kappa shape index (κ3) is 6.49. The number of hydrogen-bond donors (Lipinski definition) is 3. The van der Waals surface area contributed by atoms with Gasteiger partial charge in [0.1, 0.15) is 0 Å². The molecule has 8 nitrogen and oxygen atoms in total. The Bertz CT molecular complexity index is 834. The summed E-state index contributed by atoms with van der Waals surface area (Å²) in [5.74, 6) is -3.37. The summed E-state index contributed by atoms with van der Waals surface area (Å²) in [6, 6.07) is 11.9. The number of carboxylic acids is 3. The summed E-state index contributed by atoms with van der Waals surface area (Å²) in [6.45, 7) is 0. The van der Waals surface area contributed by atoms with E-state index in [9.17, 15) is 14.4 Å². The smallest absolute Gasteiger partial charge is 0.335 e. The molecule has 0 bridgehead atoms. The maximum atomic E-state index is 10.9. The van der Waals surface area contributed by atoms with Crippen molar-refractivity contribution >= 4 is 41.7 Å². The van der Waals surface area contributed by atoms with Crippen LogP contribution in [0, 0.1) is 5.92 Å². The van der Waals surface area contributed by atoms with Crippen LogP contribution >= 0.6 is 0 Å². The number of carboxylic acid groups (broad SMARTS) is 3. The van der Waals surface area contributed by atoms with Crippen molar-refractivity contribution in [2.45, 2.75) is 12.8 Å². The highest BCUT2D eigenvalue weighted by molar-refractivity contribution is 5.90. The first-order valence-electron chi connectivity index (χ1n) is 8.32. The standard InChI is InChI=1S/C20H18N2O6/c23-18(24)10-1-13(11-21-16-6-2-14(3-7-16)19(25)26)12-22-17-8-4-15(5-9-17)20(27)28/h2-9,11-13H,1,10H2,(H,23,24)(H,25,26)(H,27,28). The van der Waals surface area contributed by atoms with E-state index in [0.717, 1.165) is 0 Å². The van der Waals surface area contributed by atoms with Crippen LogP contribution in [0.2, 0.25) is 0 Å². The van der Waals surface area contributed by atoms with Gasteiger partial charge in [-0.2, -0.15) is 0 Å². The zero-order valence-electron chi connectivity index (χ0n) is 14.7. The number of rotatable bonds is 9. The van der Waals surface area contributed by atoms with Gasteiger partial charge in [0.15, 0.2) is 0 Å². The van der Waals surface area contributed by atoms with Gasteiger partial charge in [-0.05, 0) is 55.0 Å². The average Bonchev–Trinajstić information content (AvgIpc) is 2.67. The molecule has 0 heterocycles.